The molecule has 1 saturated heterocycles. The van der Waals surface area contributed by atoms with Gasteiger partial charge >= 0.3 is 0 Å². The average Bonchev–Trinajstić information content (AvgIpc) is 2.73. The summed E-state index contributed by atoms with van der Waals surface area (Å²) in [5.41, 5.74) is 0. The second-order valence-electron chi connectivity index (χ2n) is 5.51. The maximum absolute atomic E-state index is 9.56. The van der Waals surface area contributed by atoms with Crippen LogP contribution in [-0.2, 0) is 0 Å². The Morgan fingerprint density at radius 3 is 2.78 bits per heavy atom. The molecule has 0 aromatic rings. The molecule has 1 aliphatic heterocycles. The maximum atomic E-state index is 9.56. The van der Waals surface area contributed by atoms with Crippen molar-refractivity contribution in [1.82, 2.24) is 10.2 Å². The number of nitrogens with zero attached hydrogens (tertiary/aromatic N) is 2. The Morgan fingerprint density at radius 1 is 1.44 bits per heavy atom. The first-order chi connectivity index (χ1) is 8.63. The number of hydrogen-bond donors (Lipinski definition) is 2. The molecule has 0 aromatic heterocycles. The third-order valence-corrected chi connectivity index (χ3v) is 3.25. The summed E-state index contributed by atoms with van der Waals surface area (Å²) in [5.74, 6) is 1.76. The Bertz CT molecular complexity index is 253. The maximum Gasteiger partial charge on any atom is 0.194 e. The zero-order chi connectivity index (χ0) is 13.4. The minimum atomic E-state index is -0.185. The summed E-state index contributed by atoms with van der Waals surface area (Å²) in [6.45, 7) is 10.0. The number of hydrogen-bond acceptors (Lipinski definition) is 2. The Balaban J connectivity index is 2.31. The van der Waals surface area contributed by atoms with Crippen LogP contribution >= 0.6 is 0 Å². The van der Waals surface area contributed by atoms with Crippen LogP contribution in [-0.4, -0.2) is 48.2 Å². The summed E-state index contributed by atoms with van der Waals surface area (Å²) in [7, 11) is 0. The average molecular weight is 255 g/mol. The van der Waals surface area contributed by atoms with Crippen LogP contribution in [0.2, 0.25) is 0 Å². The smallest absolute Gasteiger partial charge is 0.194 e. The number of aliphatic imine (C=N–C) groups is 1. The number of β-amino-alcohol motifs (C(OH)–C–C–N with tert-alkyl or cyclic N) is 1. The van der Waals surface area contributed by atoms with Crippen molar-refractivity contribution in [2.45, 2.75) is 52.6 Å². The molecule has 0 unspecified atom stereocenters. The third kappa shape index (κ3) is 5.71. The van der Waals surface area contributed by atoms with Gasteiger partial charge in [-0.2, -0.15) is 0 Å². The lowest BCUT2D eigenvalue weighted by Crippen LogP contribution is -2.40. The molecule has 0 saturated carbocycles. The molecular weight excluding hydrogens is 226 g/mol. The van der Waals surface area contributed by atoms with E-state index in [4.69, 9.17) is 0 Å². The van der Waals surface area contributed by atoms with Crippen molar-refractivity contribution in [2.24, 2.45) is 10.9 Å². The van der Waals surface area contributed by atoms with Crippen LogP contribution in [0, 0.1) is 5.92 Å². The number of likely N-dealkylation sites (tertiary alicyclic amines) is 1. The predicted octanol–water partition coefficient (Wildman–Crippen LogP) is 1.84. The Kier molecular flexibility index (Phi) is 7.09. The Hall–Kier alpha value is -0.770. The van der Waals surface area contributed by atoms with Crippen LogP contribution in [0.5, 0.6) is 0 Å². The van der Waals surface area contributed by atoms with Crippen molar-refractivity contribution >= 4 is 5.96 Å². The molecule has 0 radical (unpaired) electrons. The second kappa shape index (κ2) is 8.35. The van der Waals surface area contributed by atoms with E-state index in [2.05, 4.69) is 36.0 Å². The van der Waals surface area contributed by atoms with E-state index >= 15 is 0 Å². The topological polar surface area (TPSA) is 47.9 Å². The van der Waals surface area contributed by atoms with E-state index in [1.54, 1.807) is 0 Å². The lowest BCUT2D eigenvalue weighted by molar-refractivity contribution is 0.188. The van der Waals surface area contributed by atoms with E-state index in [9.17, 15) is 5.11 Å². The van der Waals surface area contributed by atoms with Crippen LogP contribution in [0.1, 0.15) is 46.5 Å². The highest BCUT2D eigenvalue weighted by molar-refractivity contribution is 5.80. The standard InChI is InChI=1S/C14H29N3O/c1-4-15-14(17-10-8-13(18)11-17)16-9-6-5-7-12(2)3/h12-13,18H,4-11H2,1-3H3,(H,15,16)/t13-/m1/s1. The molecule has 1 fully saturated rings. The highest BCUT2D eigenvalue weighted by Gasteiger charge is 2.22. The van der Waals surface area contributed by atoms with Gasteiger partial charge in [-0.1, -0.05) is 26.7 Å². The summed E-state index contributed by atoms with van der Waals surface area (Å²) < 4.78 is 0. The minimum Gasteiger partial charge on any atom is -0.391 e. The van der Waals surface area contributed by atoms with Gasteiger partial charge in [0.25, 0.3) is 0 Å². The predicted molar refractivity (Wildman–Crippen MR) is 76.9 cm³/mol. The quantitative estimate of drug-likeness (QED) is 0.432. The largest absolute Gasteiger partial charge is 0.391 e. The number of rotatable bonds is 6. The van der Waals surface area contributed by atoms with Gasteiger partial charge in [0.15, 0.2) is 5.96 Å². The molecule has 0 amide bonds. The third-order valence-electron chi connectivity index (χ3n) is 3.25. The SMILES string of the molecule is CCNC(=NCCCCC(C)C)N1CC[C@@H](O)C1. The first-order valence-corrected chi connectivity index (χ1v) is 7.34. The van der Waals surface area contributed by atoms with Crippen LogP contribution in [0.25, 0.3) is 0 Å². The molecular formula is C14H29N3O. The lowest BCUT2D eigenvalue weighted by Gasteiger charge is -2.20. The molecule has 4 nitrogen and oxygen atoms in total. The highest BCUT2D eigenvalue weighted by Crippen LogP contribution is 2.09. The van der Waals surface area contributed by atoms with Gasteiger partial charge in [0.2, 0.25) is 0 Å². The minimum absolute atomic E-state index is 0.185. The fraction of sp³-hybridized carbons (Fsp3) is 0.929. The summed E-state index contributed by atoms with van der Waals surface area (Å²) in [4.78, 5) is 6.81. The first-order valence-electron chi connectivity index (χ1n) is 7.34. The Morgan fingerprint density at radius 2 is 2.22 bits per heavy atom. The fourth-order valence-corrected chi connectivity index (χ4v) is 2.21. The van der Waals surface area contributed by atoms with Gasteiger partial charge in [-0.25, -0.2) is 0 Å². The summed E-state index contributed by atoms with van der Waals surface area (Å²) in [6, 6.07) is 0. The van der Waals surface area contributed by atoms with E-state index < -0.39 is 0 Å². The number of aliphatic hydroxyl groups is 1. The van der Waals surface area contributed by atoms with E-state index in [-0.39, 0.29) is 6.10 Å². The molecule has 0 aromatic carbocycles. The zero-order valence-electron chi connectivity index (χ0n) is 12.2. The van der Waals surface area contributed by atoms with Gasteiger partial charge in [0, 0.05) is 26.2 Å². The molecule has 4 heteroatoms. The second-order valence-corrected chi connectivity index (χ2v) is 5.51. The number of unbranched alkanes of at least 4 members (excludes halogenated alkanes) is 1. The molecule has 106 valence electrons. The zero-order valence-corrected chi connectivity index (χ0v) is 12.2. The van der Waals surface area contributed by atoms with Crippen molar-refractivity contribution < 1.29 is 5.11 Å². The van der Waals surface area contributed by atoms with Gasteiger partial charge in [-0.15, -0.1) is 0 Å². The van der Waals surface area contributed by atoms with Crippen molar-refractivity contribution in [1.29, 1.82) is 0 Å². The first kappa shape index (κ1) is 15.3. The monoisotopic (exact) mass is 255 g/mol. The van der Waals surface area contributed by atoms with Gasteiger partial charge in [-0.05, 0) is 25.7 Å². The van der Waals surface area contributed by atoms with Crippen LogP contribution in [0.4, 0.5) is 0 Å². The highest BCUT2D eigenvalue weighted by atomic mass is 16.3. The van der Waals surface area contributed by atoms with Gasteiger partial charge in [0.1, 0.15) is 0 Å². The Labute approximate surface area is 111 Å². The van der Waals surface area contributed by atoms with E-state index in [0.29, 0.717) is 0 Å². The van der Waals surface area contributed by atoms with E-state index in [1.165, 1.54) is 12.8 Å². The summed E-state index contributed by atoms with van der Waals surface area (Å²) >= 11 is 0. The molecule has 1 aliphatic rings. The molecule has 0 aliphatic carbocycles. The molecule has 18 heavy (non-hydrogen) atoms. The molecule has 2 N–H and O–H groups in total. The van der Waals surface area contributed by atoms with Crippen molar-refractivity contribution in [2.75, 3.05) is 26.2 Å². The van der Waals surface area contributed by atoms with Gasteiger partial charge in [-0.3, -0.25) is 4.99 Å². The van der Waals surface area contributed by atoms with Crippen LogP contribution in [0.15, 0.2) is 4.99 Å². The molecule has 1 rings (SSSR count). The number of nitrogens with one attached hydrogen (secondary N) is 1. The lowest BCUT2D eigenvalue weighted by atomic mass is 10.1. The summed E-state index contributed by atoms with van der Waals surface area (Å²) in [6.07, 6.45) is 4.37. The van der Waals surface area contributed by atoms with E-state index in [0.717, 1.165) is 50.9 Å². The summed E-state index contributed by atoms with van der Waals surface area (Å²) in [5, 5.41) is 12.9. The van der Waals surface area contributed by atoms with Crippen molar-refractivity contribution in [3.05, 3.63) is 0 Å². The molecule has 0 spiro atoms. The van der Waals surface area contributed by atoms with Crippen LogP contribution in [0.3, 0.4) is 0 Å². The van der Waals surface area contributed by atoms with Gasteiger partial charge < -0.3 is 15.3 Å². The van der Waals surface area contributed by atoms with Crippen LogP contribution < -0.4 is 5.32 Å². The number of aliphatic hydroxyl groups excluding tert-OH is 1. The van der Waals surface area contributed by atoms with E-state index in [1.807, 2.05) is 0 Å². The van der Waals surface area contributed by atoms with Crippen molar-refractivity contribution in [3.63, 3.8) is 0 Å². The molecule has 0 bridgehead atoms. The molecule has 1 heterocycles. The van der Waals surface area contributed by atoms with Gasteiger partial charge in [0.05, 0.1) is 6.10 Å². The number of guanidine groups is 1. The molecule has 1 atom stereocenters. The van der Waals surface area contributed by atoms with Crippen molar-refractivity contribution in [3.8, 4) is 0 Å². The normalized spacial score (nSPS) is 20.8. The fourth-order valence-electron chi connectivity index (χ4n) is 2.21.